The third kappa shape index (κ3) is 4.27. The topological polar surface area (TPSA) is 3.24 Å². The molecular formula is C49H35N. The van der Waals surface area contributed by atoms with E-state index in [0.717, 1.165) is 17.1 Å². The van der Waals surface area contributed by atoms with Gasteiger partial charge in [-0.05, 0) is 113 Å². The summed E-state index contributed by atoms with van der Waals surface area (Å²) in [5, 5.41) is 10.3. The lowest BCUT2D eigenvalue weighted by Gasteiger charge is -2.28. The minimum atomic E-state index is -0.133. The van der Waals surface area contributed by atoms with Crippen LogP contribution in [0.3, 0.4) is 0 Å². The molecule has 236 valence electrons. The van der Waals surface area contributed by atoms with Gasteiger partial charge in [-0.1, -0.05) is 153 Å². The van der Waals surface area contributed by atoms with Crippen LogP contribution in [-0.4, -0.2) is 0 Å². The molecule has 10 rings (SSSR count). The zero-order chi connectivity index (χ0) is 33.4. The van der Waals surface area contributed by atoms with Crippen LogP contribution in [0.4, 0.5) is 17.1 Å². The van der Waals surface area contributed by atoms with Crippen molar-refractivity contribution < 1.29 is 0 Å². The number of benzene rings is 9. The van der Waals surface area contributed by atoms with E-state index >= 15 is 0 Å². The van der Waals surface area contributed by atoms with Gasteiger partial charge in [0, 0.05) is 22.5 Å². The Bertz CT molecular complexity index is 2740. The Morgan fingerprint density at radius 3 is 1.58 bits per heavy atom. The summed E-state index contributed by atoms with van der Waals surface area (Å²) in [6.45, 7) is 4.75. The summed E-state index contributed by atoms with van der Waals surface area (Å²) in [4.78, 5) is 2.44. The molecule has 0 heterocycles. The second-order valence-electron chi connectivity index (χ2n) is 14.1. The summed E-state index contributed by atoms with van der Waals surface area (Å²) >= 11 is 0. The van der Waals surface area contributed by atoms with Gasteiger partial charge >= 0.3 is 0 Å². The number of rotatable bonds is 4. The highest BCUT2D eigenvalue weighted by Gasteiger charge is 2.37. The fraction of sp³-hybridized carbons (Fsp3) is 0.0612. The van der Waals surface area contributed by atoms with Crippen molar-refractivity contribution in [2.24, 2.45) is 0 Å². The first kappa shape index (κ1) is 28.8. The lowest BCUT2D eigenvalue weighted by Crippen LogP contribution is -2.16. The first-order chi connectivity index (χ1) is 24.6. The number of hydrogen-bond donors (Lipinski definition) is 0. The zero-order valence-electron chi connectivity index (χ0n) is 28.2. The maximum atomic E-state index is 2.44. The van der Waals surface area contributed by atoms with E-state index in [1.807, 2.05) is 0 Å². The predicted octanol–water partition coefficient (Wildman–Crippen LogP) is 13.7. The molecule has 50 heavy (non-hydrogen) atoms. The quantitative estimate of drug-likeness (QED) is 0.174. The maximum absolute atomic E-state index is 2.44. The van der Waals surface area contributed by atoms with Crippen LogP contribution in [-0.2, 0) is 5.41 Å². The van der Waals surface area contributed by atoms with Gasteiger partial charge in [0.15, 0.2) is 0 Å². The third-order valence-electron chi connectivity index (χ3n) is 11.0. The minimum Gasteiger partial charge on any atom is -0.310 e. The molecule has 0 atom stereocenters. The standard InChI is InChI=1S/C49H35N/c1-49(2)46-29-22-34-14-6-7-15-38(34)48(46)44-28-26-37(31-47(44)49)50(35-23-20-33(21-24-35)32-12-4-3-5-13-32)36-25-27-43-41-18-9-8-16-39(41)40-17-10-11-19-42(40)45(43)30-36/h3-31H,1-2H3. The Balaban J connectivity index is 1.20. The van der Waals surface area contributed by atoms with Crippen molar-refractivity contribution >= 4 is 60.2 Å². The molecule has 0 N–H and O–H groups in total. The minimum absolute atomic E-state index is 0.133. The summed E-state index contributed by atoms with van der Waals surface area (Å²) < 4.78 is 0. The van der Waals surface area contributed by atoms with E-state index in [9.17, 15) is 0 Å². The number of fused-ring (bicyclic) bond motifs is 11. The first-order valence-corrected chi connectivity index (χ1v) is 17.5. The first-order valence-electron chi connectivity index (χ1n) is 17.5. The average Bonchev–Trinajstić information content (AvgIpc) is 3.41. The van der Waals surface area contributed by atoms with Crippen molar-refractivity contribution in [3.05, 3.63) is 187 Å². The molecule has 0 aromatic heterocycles. The van der Waals surface area contributed by atoms with Crippen LogP contribution < -0.4 is 4.90 Å². The Labute approximate surface area is 292 Å². The molecule has 1 nitrogen and oxygen atoms in total. The highest BCUT2D eigenvalue weighted by Crippen LogP contribution is 2.53. The summed E-state index contributed by atoms with van der Waals surface area (Å²) in [5.74, 6) is 0. The fourth-order valence-electron chi connectivity index (χ4n) is 8.55. The molecule has 0 amide bonds. The normalized spacial score (nSPS) is 13.2. The Kier molecular flexibility index (Phi) is 6.29. The molecule has 0 aliphatic heterocycles. The molecular weight excluding hydrogens is 603 g/mol. The molecule has 1 heteroatoms. The summed E-state index contributed by atoms with van der Waals surface area (Å²) in [5.41, 5.74) is 11.2. The van der Waals surface area contributed by atoms with Crippen LogP contribution in [0.5, 0.6) is 0 Å². The van der Waals surface area contributed by atoms with Crippen LogP contribution in [0.2, 0.25) is 0 Å². The van der Waals surface area contributed by atoms with Crippen molar-refractivity contribution in [3.63, 3.8) is 0 Å². The fourth-order valence-corrected chi connectivity index (χ4v) is 8.55. The van der Waals surface area contributed by atoms with E-state index in [-0.39, 0.29) is 5.41 Å². The second-order valence-corrected chi connectivity index (χ2v) is 14.1. The predicted molar refractivity (Wildman–Crippen MR) is 214 cm³/mol. The molecule has 1 aliphatic rings. The SMILES string of the molecule is CC1(C)c2cc(N(c3ccc(-c4ccccc4)cc3)c3ccc4c5ccccc5c5ccccc5c4c3)ccc2-c2c1ccc1ccccc21. The molecule has 0 unspecified atom stereocenters. The van der Waals surface area contributed by atoms with E-state index in [0.29, 0.717) is 0 Å². The third-order valence-corrected chi connectivity index (χ3v) is 11.0. The maximum Gasteiger partial charge on any atom is 0.0468 e. The summed E-state index contributed by atoms with van der Waals surface area (Å²) in [7, 11) is 0. The van der Waals surface area contributed by atoms with Crippen LogP contribution in [0, 0.1) is 0 Å². The number of hydrogen-bond acceptors (Lipinski definition) is 1. The van der Waals surface area contributed by atoms with Crippen LogP contribution in [0.1, 0.15) is 25.0 Å². The smallest absolute Gasteiger partial charge is 0.0468 e. The largest absolute Gasteiger partial charge is 0.310 e. The van der Waals surface area contributed by atoms with Crippen LogP contribution >= 0.6 is 0 Å². The average molecular weight is 638 g/mol. The van der Waals surface area contributed by atoms with E-state index in [4.69, 9.17) is 0 Å². The van der Waals surface area contributed by atoms with E-state index in [1.165, 1.54) is 76.5 Å². The van der Waals surface area contributed by atoms with Crippen molar-refractivity contribution in [1.82, 2.24) is 0 Å². The van der Waals surface area contributed by atoms with Crippen molar-refractivity contribution in [3.8, 4) is 22.3 Å². The van der Waals surface area contributed by atoms with Gasteiger partial charge in [0.2, 0.25) is 0 Å². The Hall–Kier alpha value is -6.18. The summed E-state index contributed by atoms with van der Waals surface area (Å²) in [6.07, 6.45) is 0. The van der Waals surface area contributed by atoms with Gasteiger partial charge in [-0.15, -0.1) is 0 Å². The van der Waals surface area contributed by atoms with Gasteiger partial charge in [0.25, 0.3) is 0 Å². The molecule has 9 aromatic carbocycles. The van der Waals surface area contributed by atoms with Gasteiger partial charge in [-0.25, -0.2) is 0 Å². The molecule has 1 aliphatic carbocycles. The van der Waals surface area contributed by atoms with E-state index < -0.39 is 0 Å². The van der Waals surface area contributed by atoms with Crippen molar-refractivity contribution in [2.45, 2.75) is 19.3 Å². The molecule has 9 aromatic rings. The van der Waals surface area contributed by atoms with Gasteiger partial charge < -0.3 is 4.90 Å². The molecule has 0 saturated heterocycles. The molecule has 0 saturated carbocycles. The zero-order valence-corrected chi connectivity index (χ0v) is 28.2. The highest BCUT2D eigenvalue weighted by atomic mass is 15.1. The number of anilines is 3. The highest BCUT2D eigenvalue weighted by molar-refractivity contribution is 6.25. The number of nitrogens with zero attached hydrogens (tertiary/aromatic N) is 1. The van der Waals surface area contributed by atoms with Gasteiger partial charge in [-0.2, -0.15) is 0 Å². The Morgan fingerprint density at radius 2 is 0.880 bits per heavy atom. The van der Waals surface area contributed by atoms with Gasteiger partial charge in [-0.3, -0.25) is 0 Å². The molecule has 0 spiro atoms. The lowest BCUT2D eigenvalue weighted by atomic mass is 9.82. The van der Waals surface area contributed by atoms with Crippen LogP contribution in [0.15, 0.2) is 176 Å². The monoisotopic (exact) mass is 637 g/mol. The Morgan fingerprint density at radius 1 is 0.360 bits per heavy atom. The molecule has 0 radical (unpaired) electrons. The molecule has 0 fully saturated rings. The van der Waals surface area contributed by atoms with E-state index in [1.54, 1.807) is 0 Å². The molecule has 0 bridgehead atoms. The van der Waals surface area contributed by atoms with E-state index in [2.05, 4.69) is 195 Å². The van der Waals surface area contributed by atoms with Gasteiger partial charge in [0.1, 0.15) is 0 Å². The van der Waals surface area contributed by atoms with Crippen molar-refractivity contribution in [2.75, 3.05) is 4.90 Å². The summed E-state index contributed by atoms with van der Waals surface area (Å²) in [6, 6.07) is 64.9. The van der Waals surface area contributed by atoms with Gasteiger partial charge in [0.05, 0.1) is 0 Å². The van der Waals surface area contributed by atoms with Crippen LogP contribution in [0.25, 0.3) is 65.3 Å². The lowest BCUT2D eigenvalue weighted by molar-refractivity contribution is 0.661. The van der Waals surface area contributed by atoms with Crippen molar-refractivity contribution in [1.29, 1.82) is 0 Å². The second kappa shape index (κ2) is 10.9.